The Morgan fingerprint density at radius 3 is 2.03 bits per heavy atom. The lowest BCUT2D eigenvalue weighted by atomic mass is 9.72. The van der Waals surface area contributed by atoms with Gasteiger partial charge in [0.05, 0.1) is 41.5 Å². The van der Waals surface area contributed by atoms with Crippen LogP contribution in [0.25, 0.3) is 0 Å². The maximum atomic E-state index is 14.2. The van der Waals surface area contributed by atoms with Gasteiger partial charge in [0, 0.05) is 30.4 Å². The Hall–Kier alpha value is -2.48. The predicted octanol–water partition coefficient (Wildman–Crippen LogP) is 4.96. The number of nitrogens with one attached hydrogen (secondary N) is 1. The second-order valence-electron chi connectivity index (χ2n) is 10.6. The average Bonchev–Trinajstić information content (AvgIpc) is 2.91. The van der Waals surface area contributed by atoms with Crippen molar-refractivity contribution in [2.45, 2.75) is 51.1 Å². The number of fused-ring (bicyclic) bond motifs is 4. The van der Waals surface area contributed by atoms with Gasteiger partial charge in [-0.1, -0.05) is 6.92 Å². The Balaban J connectivity index is 1.46. The summed E-state index contributed by atoms with van der Waals surface area (Å²) in [6.45, 7) is 4.51. The predicted molar refractivity (Wildman–Crippen MR) is 140 cm³/mol. The maximum Gasteiger partial charge on any atom is 0.161 e. The Morgan fingerprint density at radius 2 is 1.42 bits per heavy atom. The van der Waals surface area contributed by atoms with Gasteiger partial charge in [0.2, 0.25) is 0 Å². The van der Waals surface area contributed by atoms with Crippen LogP contribution >= 0.6 is 0 Å². The molecule has 5 rings (SSSR count). The van der Waals surface area contributed by atoms with Crippen LogP contribution in [0.4, 0.5) is 0 Å². The van der Waals surface area contributed by atoms with E-state index in [4.69, 9.17) is 18.9 Å². The number of ether oxygens (including phenoxy) is 4. The summed E-state index contributed by atoms with van der Waals surface area (Å²) in [6.07, 6.45) is 4.71. The normalized spacial score (nSPS) is 28.9. The maximum absolute atomic E-state index is 14.2. The third kappa shape index (κ3) is 4.31. The van der Waals surface area contributed by atoms with Crippen LogP contribution in [0.3, 0.4) is 0 Å². The molecule has 2 aromatic rings. The molecule has 0 amide bonds. The van der Waals surface area contributed by atoms with E-state index in [1.165, 1.54) is 16.7 Å². The molecule has 2 aromatic carbocycles. The summed E-state index contributed by atoms with van der Waals surface area (Å²) in [5.41, 5.74) is 5.01. The molecular formula is C29H40N2O5. The van der Waals surface area contributed by atoms with Crippen molar-refractivity contribution >= 4 is 0 Å². The molecule has 0 spiro atoms. The first kappa shape index (κ1) is 25.2. The minimum atomic E-state index is -0.114. The molecule has 36 heavy (non-hydrogen) atoms. The zero-order valence-electron chi connectivity index (χ0n) is 22.3. The average molecular weight is 497 g/mol. The van der Waals surface area contributed by atoms with Gasteiger partial charge in [0.1, 0.15) is 6.04 Å². The van der Waals surface area contributed by atoms with Crippen molar-refractivity contribution in [1.82, 2.24) is 5.32 Å². The number of piperidine rings is 1. The third-order valence-corrected chi connectivity index (χ3v) is 8.94. The number of hydroxylamine groups is 3. The van der Waals surface area contributed by atoms with Crippen molar-refractivity contribution in [1.29, 1.82) is 0 Å². The standard InChI is InChI=1S/C29H40N2O5/c1-6-18-17-31(32)10-8-20-14-27(34-3)29(36-5)16-23(20)25(31)12-21(18)11-24-22-15-28(35-4)26(33-2)13-19(22)7-9-30-24/h13-16,18,21,24-25,30H,6-12,17H2,1-5H3/t18-,21-,24+,25-,31?/m0/s1. The molecule has 1 N–H and O–H groups in total. The van der Waals surface area contributed by atoms with Gasteiger partial charge in [-0.3, -0.25) is 0 Å². The zero-order valence-corrected chi connectivity index (χ0v) is 22.3. The molecule has 1 saturated heterocycles. The van der Waals surface area contributed by atoms with Gasteiger partial charge in [-0.2, -0.15) is 0 Å². The van der Waals surface area contributed by atoms with Crippen molar-refractivity contribution in [3.63, 3.8) is 0 Å². The second kappa shape index (κ2) is 10.1. The Bertz CT molecular complexity index is 1110. The summed E-state index contributed by atoms with van der Waals surface area (Å²) >= 11 is 0. The van der Waals surface area contributed by atoms with E-state index in [9.17, 15) is 5.21 Å². The molecule has 0 radical (unpaired) electrons. The molecule has 5 atom stereocenters. The minimum absolute atomic E-state index is 0.0604. The largest absolute Gasteiger partial charge is 0.632 e. The van der Waals surface area contributed by atoms with Gasteiger partial charge in [-0.05, 0) is 72.7 Å². The second-order valence-corrected chi connectivity index (χ2v) is 10.6. The summed E-state index contributed by atoms with van der Waals surface area (Å²) in [7, 11) is 6.72. The van der Waals surface area contributed by atoms with E-state index in [0.29, 0.717) is 30.7 Å². The van der Waals surface area contributed by atoms with E-state index >= 15 is 0 Å². The molecule has 0 aliphatic carbocycles. The van der Waals surface area contributed by atoms with Gasteiger partial charge >= 0.3 is 0 Å². The van der Waals surface area contributed by atoms with Crippen LogP contribution in [0.5, 0.6) is 23.0 Å². The molecule has 3 heterocycles. The molecule has 196 valence electrons. The molecule has 7 nitrogen and oxygen atoms in total. The van der Waals surface area contributed by atoms with Crippen LogP contribution in [0.15, 0.2) is 24.3 Å². The molecule has 0 bridgehead atoms. The van der Waals surface area contributed by atoms with E-state index in [0.717, 1.165) is 61.5 Å². The van der Waals surface area contributed by atoms with Crippen LogP contribution in [0, 0.1) is 17.0 Å². The molecule has 1 fully saturated rings. The topological polar surface area (TPSA) is 72.0 Å². The summed E-state index contributed by atoms with van der Waals surface area (Å²) in [5.74, 6) is 3.88. The lowest BCUT2D eigenvalue weighted by Crippen LogP contribution is -2.57. The molecule has 1 unspecified atom stereocenters. The van der Waals surface area contributed by atoms with Crippen LogP contribution < -0.4 is 24.3 Å². The van der Waals surface area contributed by atoms with Gasteiger partial charge in [-0.15, -0.1) is 0 Å². The molecule has 3 aliphatic rings. The highest BCUT2D eigenvalue weighted by atomic mass is 16.5. The number of rotatable bonds is 7. The smallest absolute Gasteiger partial charge is 0.161 e. The monoisotopic (exact) mass is 496 g/mol. The Kier molecular flexibility index (Phi) is 7.07. The van der Waals surface area contributed by atoms with E-state index in [1.54, 1.807) is 28.4 Å². The summed E-state index contributed by atoms with van der Waals surface area (Å²) in [6, 6.07) is 8.61. The van der Waals surface area contributed by atoms with E-state index < -0.39 is 0 Å². The number of hydrogen-bond donors (Lipinski definition) is 1. The highest BCUT2D eigenvalue weighted by molar-refractivity contribution is 5.50. The lowest BCUT2D eigenvalue weighted by Gasteiger charge is -2.58. The Labute approximate surface area is 214 Å². The fraction of sp³-hybridized carbons (Fsp3) is 0.586. The van der Waals surface area contributed by atoms with Gasteiger partial charge in [0.25, 0.3) is 0 Å². The van der Waals surface area contributed by atoms with Crippen LogP contribution in [0.2, 0.25) is 0 Å². The van der Waals surface area contributed by atoms with E-state index in [2.05, 4.69) is 36.5 Å². The quantitative estimate of drug-likeness (QED) is 0.432. The first-order valence-corrected chi connectivity index (χ1v) is 13.2. The van der Waals surface area contributed by atoms with Crippen molar-refractivity contribution < 1.29 is 23.6 Å². The molecule has 7 heteroatoms. The van der Waals surface area contributed by atoms with Crippen LogP contribution in [-0.2, 0) is 12.8 Å². The van der Waals surface area contributed by atoms with Crippen molar-refractivity contribution in [3.8, 4) is 23.0 Å². The summed E-state index contributed by atoms with van der Waals surface area (Å²) in [5, 5.41) is 18.0. The highest BCUT2D eigenvalue weighted by Gasteiger charge is 2.46. The summed E-state index contributed by atoms with van der Waals surface area (Å²) in [4.78, 5) is 0. The third-order valence-electron chi connectivity index (χ3n) is 8.94. The number of nitrogens with zero attached hydrogens (tertiary/aromatic N) is 1. The Morgan fingerprint density at radius 1 is 0.833 bits per heavy atom. The summed E-state index contributed by atoms with van der Waals surface area (Å²) < 4.78 is 22.2. The number of quaternary nitrogens is 1. The number of methoxy groups -OCH3 is 4. The zero-order chi connectivity index (χ0) is 25.4. The lowest BCUT2D eigenvalue weighted by molar-refractivity contribution is -0.924. The molecule has 0 aromatic heterocycles. The first-order chi connectivity index (χ1) is 17.4. The van der Waals surface area contributed by atoms with Crippen LogP contribution in [-0.4, -0.2) is 52.7 Å². The van der Waals surface area contributed by atoms with Gasteiger partial charge in [0.15, 0.2) is 23.0 Å². The van der Waals surface area contributed by atoms with E-state index in [1.807, 2.05) is 0 Å². The number of hydrogen-bond acceptors (Lipinski definition) is 6. The van der Waals surface area contributed by atoms with Gasteiger partial charge in [-0.25, -0.2) is 0 Å². The SMILES string of the molecule is CC[C@H]1C[N+]2([O-])CCc3cc(OC)c(OC)cc3[C@@H]2C[C@@H]1C[C@H]1NCCc2cc(OC)c(OC)cc21. The first-order valence-electron chi connectivity index (χ1n) is 13.2. The minimum Gasteiger partial charge on any atom is -0.632 e. The van der Waals surface area contributed by atoms with Gasteiger partial charge < -0.3 is 34.1 Å². The fourth-order valence-corrected chi connectivity index (χ4v) is 6.98. The van der Waals surface area contributed by atoms with Crippen LogP contribution in [0.1, 0.15) is 60.5 Å². The molecular weight excluding hydrogens is 456 g/mol. The van der Waals surface area contributed by atoms with Crippen molar-refractivity contribution in [2.24, 2.45) is 11.8 Å². The highest BCUT2D eigenvalue weighted by Crippen LogP contribution is 2.51. The molecule has 0 saturated carbocycles. The molecule has 3 aliphatic heterocycles. The van der Waals surface area contributed by atoms with Crippen molar-refractivity contribution in [2.75, 3.05) is 48.1 Å². The van der Waals surface area contributed by atoms with Crippen molar-refractivity contribution in [3.05, 3.63) is 51.7 Å². The fourth-order valence-electron chi connectivity index (χ4n) is 6.98. The number of benzene rings is 2. The van der Waals surface area contributed by atoms with E-state index in [-0.39, 0.29) is 16.7 Å².